The van der Waals surface area contributed by atoms with E-state index in [9.17, 15) is 9.59 Å². The summed E-state index contributed by atoms with van der Waals surface area (Å²) in [5, 5.41) is 11.8. The quantitative estimate of drug-likeness (QED) is 0.884. The third-order valence-corrected chi connectivity index (χ3v) is 4.16. The van der Waals surface area contributed by atoms with Crippen LogP contribution < -0.4 is 10.1 Å². The Morgan fingerprint density at radius 2 is 1.88 bits per heavy atom. The van der Waals surface area contributed by atoms with E-state index in [-0.39, 0.29) is 17.4 Å². The van der Waals surface area contributed by atoms with Crippen molar-refractivity contribution in [3.05, 3.63) is 65.2 Å². The van der Waals surface area contributed by atoms with Gasteiger partial charge in [-0.1, -0.05) is 30.3 Å². The van der Waals surface area contributed by atoms with Crippen LogP contribution >= 0.6 is 0 Å². The second kappa shape index (κ2) is 7.17. The topological polar surface area (TPSA) is 75.6 Å². The molecule has 1 amide bonds. The summed E-state index contributed by atoms with van der Waals surface area (Å²) in [6, 6.07) is 14.5. The molecule has 1 heterocycles. The molecule has 1 aliphatic rings. The largest absolute Gasteiger partial charge is 0.492 e. The van der Waals surface area contributed by atoms with Crippen molar-refractivity contribution in [1.29, 1.82) is 0 Å². The first-order chi connectivity index (χ1) is 11.6. The number of para-hydroxylation sites is 1. The number of amides is 1. The Kier molecular flexibility index (Phi) is 4.79. The van der Waals surface area contributed by atoms with Crippen LogP contribution in [-0.4, -0.2) is 30.1 Å². The van der Waals surface area contributed by atoms with Crippen LogP contribution in [0.15, 0.2) is 48.5 Å². The summed E-state index contributed by atoms with van der Waals surface area (Å²) in [5.41, 5.74) is 2.32. The second-order valence-electron chi connectivity index (χ2n) is 5.86. The fourth-order valence-electron chi connectivity index (χ4n) is 2.78. The zero-order valence-electron chi connectivity index (χ0n) is 13.2. The average molecular weight is 325 g/mol. The van der Waals surface area contributed by atoms with Gasteiger partial charge in [0.2, 0.25) is 5.91 Å². The first-order valence-electron chi connectivity index (χ1n) is 7.94. The van der Waals surface area contributed by atoms with Crippen LogP contribution in [0.3, 0.4) is 0 Å². The molecular weight excluding hydrogens is 306 g/mol. The summed E-state index contributed by atoms with van der Waals surface area (Å²) >= 11 is 0. The summed E-state index contributed by atoms with van der Waals surface area (Å²) in [6.07, 6.45) is 1.35. The maximum atomic E-state index is 12.3. The molecule has 0 fully saturated rings. The number of carboxylic acid groups (broad SMARTS) is 1. The maximum Gasteiger partial charge on any atom is 0.335 e. The molecular formula is C19H19NO4. The van der Waals surface area contributed by atoms with Gasteiger partial charge in [0, 0.05) is 6.54 Å². The maximum absolute atomic E-state index is 12.3. The lowest BCUT2D eigenvalue weighted by molar-refractivity contribution is -0.126. The minimum absolute atomic E-state index is 0.00772. The van der Waals surface area contributed by atoms with Gasteiger partial charge in [-0.2, -0.15) is 0 Å². The van der Waals surface area contributed by atoms with E-state index >= 15 is 0 Å². The molecule has 5 heteroatoms. The smallest absolute Gasteiger partial charge is 0.335 e. The van der Waals surface area contributed by atoms with E-state index in [4.69, 9.17) is 9.84 Å². The van der Waals surface area contributed by atoms with E-state index in [1.54, 1.807) is 24.3 Å². The molecule has 2 aromatic carbocycles. The molecule has 0 saturated carbocycles. The molecule has 1 atom stereocenters. The molecule has 3 rings (SSSR count). The number of rotatable bonds is 5. The number of nitrogens with one attached hydrogen (secondary N) is 1. The van der Waals surface area contributed by atoms with Gasteiger partial charge in [0.05, 0.1) is 11.5 Å². The Labute approximate surface area is 140 Å². The number of fused-ring (bicyclic) bond motifs is 1. The second-order valence-corrected chi connectivity index (χ2v) is 5.86. The van der Waals surface area contributed by atoms with Crippen LogP contribution in [-0.2, 0) is 17.6 Å². The van der Waals surface area contributed by atoms with E-state index in [0.717, 1.165) is 16.9 Å². The standard InChI is InChI=1S/C19H19NO4/c21-18(16-11-15-3-1-2-4-17(15)24-12-16)20-10-9-13-5-7-14(8-6-13)19(22)23/h1-8,16H,9-12H2,(H,20,21)(H,22,23). The highest BCUT2D eigenvalue weighted by Crippen LogP contribution is 2.26. The van der Waals surface area contributed by atoms with Crippen LogP contribution in [0.1, 0.15) is 21.5 Å². The highest BCUT2D eigenvalue weighted by atomic mass is 16.5. The van der Waals surface area contributed by atoms with Gasteiger partial charge in [0.25, 0.3) is 0 Å². The SMILES string of the molecule is O=C(O)c1ccc(CCNC(=O)C2COc3ccccc3C2)cc1. The lowest BCUT2D eigenvalue weighted by Gasteiger charge is -2.24. The lowest BCUT2D eigenvalue weighted by atomic mass is 9.96. The van der Waals surface area contributed by atoms with Crippen LogP contribution in [0.2, 0.25) is 0 Å². The zero-order valence-corrected chi connectivity index (χ0v) is 13.2. The Morgan fingerprint density at radius 1 is 1.12 bits per heavy atom. The molecule has 24 heavy (non-hydrogen) atoms. The zero-order chi connectivity index (χ0) is 16.9. The summed E-state index contributed by atoms with van der Waals surface area (Å²) in [6.45, 7) is 0.916. The number of benzene rings is 2. The van der Waals surface area contributed by atoms with Gasteiger partial charge < -0.3 is 15.2 Å². The first-order valence-corrected chi connectivity index (χ1v) is 7.94. The Bertz CT molecular complexity index is 739. The van der Waals surface area contributed by atoms with Crippen molar-refractivity contribution in [2.45, 2.75) is 12.8 Å². The molecule has 1 aliphatic heterocycles. The normalized spacial score (nSPS) is 15.9. The summed E-state index contributed by atoms with van der Waals surface area (Å²) < 4.78 is 5.64. The van der Waals surface area contributed by atoms with Crippen LogP contribution in [0.5, 0.6) is 5.75 Å². The third kappa shape index (κ3) is 3.74. The molecule has 1 unspecified atom stereocenters. The summed E-state index contributed by atoms with van der Waals surface area (Å²) in [4.78, 5) is 23.1. The fraction of sp³-hybridized carbons (Fsp3) is 0.263. The number of hydrogen-bond acceptors (Lipinski definition) is 3. The van der Waals surface area contributed by atoms with E-state index in [2.05, 4.69) is 5.32 Å². The molecule has 0 saturated heterocycles. The summed E-state index contributed by atoms with van der Waals surface area (Å²) in [7, 11) is 0. The molecule has 0 spiro atoms. The molecule has 2 N–H and O–H groups in total. The van der Waals surface area contributed by atoms with Crippen LogP contribution in [0.25, 0.3) is 0 Å². The number of carboxylic acids is 1. The van der Waals surface area contributed by atoms with Crippen LogP contribution in [0, 0.1) is 5.92 Å². The number of hydrogen-bond donors (Lipinski definition) is 2. The van der Waals surface area contributed by atoms with Gasteiger partial charge >= 0.3 is 5.97 Å². The minimum Gasteiger partial charge on any atom is -0.492 e. The predicted octanol–water partition coefficient (Wildman–Crippen LogP) is 2.29. The molecule has 5 nitrogen and oxygen atoms in total. The number of ether oxygens (including phenoxy) is 1. The first kappa shape index (κ1) is 16.1. The molecule has 0 aliphatic carbocycles. The average Bonchev–Trinajstić information content (AvgIpc) is 2.61. The van der Waals surface area contributed by atoms with Crippen molar-refractivity contribution >= 4 is 11.9 Å². The Hall–Kier alpha value is -2.82. The molecule has 0 radical (unpaired) electrons. The molecule has 0 aromatic heterocycles. The number of aromatic carboxylic acids is 1. The Balaban J connectivity index is 1.49. The highest BCUT2D eigenvalue weighted by Gasteiger charge is 2.25. The third-order valence-electron chi connectivity index (χ3n) is 4.16. The van der Waals surface area contributed by atoms with Crippen molar-refractivity contribution in [2.75, 3.05) is 13.2 Å². The fourth-order valence-corrected chi connectivity index (χ4v) is 2.78. The van der Waals surface area contributed by atoms with E-state index < -0.39 is 5.97 Å². The van der Waals surface area contributed by atoms with Gasteiger partial charge in [0.15, 0.2) is 0 Å². The highest BCUT2D eigenvalue weighted by molar-refractivity contribution is 5.87. The van der Waals surface area contributed by atoms with E-state index in [0.29, 0.717) is 26.0 Å². The number of carbonyl (C=O) groups is 2. The Morgan fingerprint density at radius 3 is 2.62 bits per heavy atom. The lowest BCUT2D eigenvalue weighted by Crippen LogP contribution is -2.38. The monoisotopic (exact) mass is 325 g/mol. The van der Waals surface area contributed by atoms with Crippen molar-refractivity contribution in [3.63, 3.8) is 0 Å². The van der Waals surface area contributed by atoms with Gasteiger partial charge in [-0.15, -0.1) is 0 Å². The molecule has 0 bridgehead atoms. The molecule has 2 aromatic rings. The van der Waals surface area contributed by atoms with Gasteiger partial charge in [0.1, 0.15) is 12.4 Å². The minimum atomic E-state index is -0.938. The molecule has 124 valence electrons. The van der Waals surface area contributed by atoms with E-state index in [1.165, 1.54) is 0 Å². The van der Waals surface area contributed by atoms with E-state index in [1.807, 2.05) is 24.3 Å². The van der Waals surface area contributed by atoms with Crippen LogP contribution in [0.4, 0.5) is 0 Å². The van der Waals surface area contributed by atoms with Crippen molar-refractivity contribution < 1.29 is 19.4 Å². The van der Waals surface area contributed by atoms with Crippen molar-refractivity contribution in [3.8, 4) is 5.75 Å². The number of carbonyl (C=O) groups excluding carboxylic acids is 1. The van der Waals surface area contributed by atoms with Crippen molar-refractivity contribution in [2.24, 2.45) is 5.92 Å². The van der Waals surface area contributed by atoms with Gasteiger partial charge in [-0.05, 0) is 42.2 Å². The van der Waals surface area contributed by atoms with Gasteiger partial charge in [-0.3, -0.25) is 4.79 Å². The summed E-state index contributed by atoms with van der Waals surface area (Å²) in [5.74, 6) is -0.256. The van der Waals surface area contributed by atoms with Crippen molar-refractivity contribution in [1.82, 2.24) is 5.32 Å². The predicted molar refractivity (Wildman–Crippen MR) is 89.2 cm³/mol. The van der Waals surface area contributed by atoms with Gasteiger partial charge in [-0.25, -0.2) is 4.79 Å².